The van der Waals surface area contributed by atoms with E-state index in [9.17, 15) is 10.1 Å². The number of nitrogens with one attached hydrogen (secondary N) is 2. The van der Waals surface area contributed by atoms with E-state index in [1.165, 1.54) is 0 Å². The minimum absolute atomic E-state index is 0.117. The summed E-state index contributed by atoms with van der Waals surface area (Å²) in [5, 5.41) is 13.8. The highest BCUT2D eigenvalue weighted by molar-refractivity contribution is 5.56. The van der Waals surface area contributed by atoms with Crippen LogP contribution in [0.4, 0.5) is 17.5 Å². The summed E-state index contributed by atoms with van der Waals surface area (Å²) in [6, 6.07) is 0. The van der Waals surface area contributed by atoms with E-state index in [0.717, 1.165) is 12.7 Å². The van der Waals surface area contributed by atoms with Crippen molar-refractivity contribution in [1.82, 2.24) is 14.9 Å². The highest BCUT2D eigenvalue weighted by Crippen LogP contribution is 2.21. The molecule has 0 fully saturated rings. The molecule has 0 aliphatic heterocycles. The van der Waals surface area contributed by atoms with Crippen molar-refractivity contribution in [3.05, 3.63) is 16.3 Å². The number of ether oxygens (including phenoxy) is 1. The van der Waals surface area contributed by atoms with E-state index >= 15 is 0 Å². The number of nitrogen functional groups attached to an aromatic ring is 1. The van der Waals surface area contributed by atoms with Crippen LogP contribution >= 0.6 is 0 Å². The number of rotatable bonds is 9. The van der Waals surface area contributed by atoms with Gasteiger partial charge in [0.05, 0.1) is 11.5 Å². The van der Waals surface area contributed by atoms with E-state index in [0.29, 0.717) is 19.7 Å². The van der Waals surface area contributed by atoms with Crippen molar-refractivity contribution in [2.24, 2.45) is 5.84 Å². The SMILES string of the molecule is COCCN(C)CCNc1nc(NN)ncc1[N+](=O)[O-]. The van der Waals surface area contributed by atoms with Crippen LogP contribution in [0.3, 0.4) is 0 Å². The number of methoxy groups -OCH3 is 1. The number of nitrogens with two attached hydrogens (primary N) is 1. The standard InChI is InChI=1S/C10H19N7O3/c1-16(5-6-20-2)4-3-12-9-8(17(18)19)7-13-10(14-9)15-11/h7H,3-6,11H2,1-2H3,(H2,12,13,14,15). The minimum Gasteiger partial charge on any atom is -0.383 e. The van der Waals surface area contributed by atoms with E-state index in [2.05, 4.69) is 20.7 Å². The van der Waals surface area contributed by atoms with Gasteiger partial charge >= 0.3 is 5.69 Å². The molecule has 10 heteroatoms. The van der Waals surface area contributed by atoms with Crippen LogP contribution in [0.5, 0.6) is 0 Å². The first kappa shape index (κ1) is 16.0. The number of hydrogen-bond donors (Lipinski definition) is 3. The van der Waals surface area contributed by atoms with Gasteiger partial charge < -0.3 is 15.0 Å². The lowest BCUT2D eigenvalue weighted by atomic mass is 10.4. The molecular formula is C10H19N7O3. The van der Waals surface area contributed by atoms with Crippen molar-refractivity contribution in [2.75, 3.05) is 51.1 Å². The molecule has 1 heterocycles. The molecule has 1 rings (SSSR count). The van der Waals surface area contributed by atoms with Crippen molar-refractivity contribution >= 4 is 17.5 Å². The predicted octanol–water partition coefficient (Wildman–Crippen LogP) is -0.339. The molecule has 0 aliphatic carbocycles. The number of nitrogens with zero attached hydrogens (tertiary/aromatic N) is 4. The Balaban J connectivity index is 2.59. The number of anilines is 2. The van der Waals surface area contributed by atoms with Gasteiger partial charge in [-0.1, -0.05) is 0 Å². The van der Waals surface area contributed by atoms with Gasteiger partial charge in [-0.2, -0.15) is 4.98 Å². The maximum absolute atomic E-state index is 10.9. The first-order valence-corrected chi connectivity index (χ1v) is 5.98. The Morgan fingerprint density at radius 2 is 2.30 bits per heavy atom. The van der Waals surface area contributed by atoms with Gasteiger partial charge in [-0.15, -0.1) is 0 Å². The lowest BCUT2D eigenvalue weighted by Crippen LogP contribution is -2.28. The Hall–Kier alpha value is -2.04. The number of aromatic nitrogens is 2. The van der Waals surface area contributed by atoms with Crippen molar-refractivity contribution in [2.45, 2.75) is 0 Å². The maximum Gasteiger partial charge on any atom is 0.329 e. The summed E-state index contributed by atoms with van der Waals surface area (Å²) in [6.07, 6.45) is 1.11. The number of likely N-dealkylation sites (N-methyl/N-ethyl adjacent to an activating group) is 1. The molecule has 0 aromatic carbocycles. The Bertz CT molecular complexity index is 443. The highest BCUT2D eigenvalue weighted by atomic mass is 16.6. The van der Waals surface area contributed by atoms with Crippen LogP contribution in [0, 0.1) is 10.1 Å². The molecule has 112 valence electrons. The second-order valence-electron chi connectivity index (χ2n) is 4.05. The Kier molecular flexibility index (Phi) is 6.56. The van der Waals surface area contributed by atoms with Crippen molar-refractivity contribution in [3.63, 3.8) is 0 Å². The molecule has 1 aromatic rings. The summed E-state index contributed by atoms with van der Waals surface area (Å²) >= 11 is 0. The van der Waals surface area contributed by atoms with Gasteiger partial charge in [0.15, 0.2) is 0 Å². The van der Waals surface area contributed by atoms with E-state index in [4.69, 9.17) is 10.6 Å². The van der Waals surface area contributed by atoms with Crippen LogP contribution < -0.4 is 16.6 Å². The van der Waals surface area contributed by atoms with Gasteiger partial charge in [0.1, 0.15) is 6.20 Å². The molecule has 10 nitrogen and oxygen atoms in total. The van der Waals surface area contributed by atoms with Crippen LogP contribution in [0.15, 0.2) is 6.20 Å². The fourth-order valence-corrected chi connectivity index (χ4v) is 1.43. The highest BCUT2D eigenvalue weighted by Gasteiger charge is 2.16. The topological polar surface area (TPSA) is 131 Å². The summed E-state index contributed by atoms with van der Waals surface area (Å²) in [5.74, 6) is 5.44. The molecule has 4 N–H and O–H groups in total. The average molecular weight is 285 g/mol. The minimum atomic E-state index is -0.544. The molecule has 0 unspecified atom stereocenters. The first-order valence-electron chi connectivity index (χ1n) is 5.98. The van der Waals surface area contributed by atoms with E-state index < -0.39 is 4.92 Å². The molecule has 1 aromatic heterocycles. The van der Waals surface area contributed by atoms with Gasteiger partial charge in [-0.25, -0.2) is 10.8 Å². The Morgan fingerprint density at radius 1 is 1.55 bits per heavy atom. The predicted molar refractivity (Wildman–Crippen MR) is 74.4 cm³/mol. The van der Waals surface area contributed by atoms with Crippen LogP contribution in [0.25, 0.3) is 0 Å². The second kappa shape index (κ2) is 8.19. The third-order valence-corrected chi connectivity index (χ3v) is 2.56. The third kappa shape index (κ3) is 4.91. The summed E-state index contributed by atoms with van der Waals surface area (Å²) in [6.45, 7) is 2.60. The van der Waals surface area contributed by atoms with Crippen molar-refractivity contribution in [1.29, 1.82) is 0 Å². The monoisotopic (exact) mass is 285 g/mol. The first-order chi connectivity index (χ1) is 9.58. The molecule has 0 amide bonds. The van der Waals surface area contributed by atoms with E-state index in [1.807, 2.05) is 11.9 Å². The fourth-order valence-electron chi connectivity index (χ4n) is 1.43. The third-order valence-electron chi connectivity index (χ3n) is 2.56. The molecule has 0 saturated carbocycles. The maximum atomic E-state index is 10.9. The second-order valence-corrected chi connectivity index (χ2v) is 4.05. The molecular weight excluding hydrogens is 266 g/mol. The Morgan fingerprint density at radius 3 is 2.90 bits per heavy atom. The summed E-state index contributed by atoms with van der Waals surface area (Å²) in [4.78, 5) is 20.0. The zero-order valence-electron chi connectivity index (χ0n) is 11.5. The summed E-state index contributed by atoms with van der Waals surface area (Å²) < 4.78 is 4.96. The van der Waals surface area contributed by atoms with Gasteiger partial charge in [0.25, 0.3) is 0 Å². The average Bonchev–Trinajstić information content (AvgIpc) is 2.44. The lowest BCUT2D eigenvalue weighted by molar-refractivity contribution is -0.384. The molecule has 0 aliphatic rings. The molecule has 0 bridgehead atoms. The lowest BCUT2D eigenvalue weighted by Gasteiger charge is -2.16. The van der Waals surface area contributed by atoms with Gasteiger partial charge in [0, 0.05) is 26.7 Å². The zero-order chi connectivity index (χ0) is 15.0. The van der Waals surface area contributed by atoms with Crippen LogP contribution in [0.1, 0.15) is 0 Å². The summed E-state index contributed by atoms with van der Waals surface area (Å²) in [7, 11) is 3.57. The smallest absolute Gasteiger partial charge is 0.329 e. The van der Waals surface area contributed by atoms with Crippen molar-refractivity contribution < 1.29 is 9.66 Å². The van der Waals surface area contributed by atoms with E-state index in [-0.39, 0.29) is 17.5 Å². The summed E-state index contributed by atoms with van der Waals surface area (Å²) in [5.41, 5.74) is 2.06. The molecule has 0 saturated heterocycles. The Labute approximate surface area is 116 Å². The molecule has 0 spiro atoms. The number of nitro groups is 1. The largest absolute Gasteiger partial charge is 0.383 e. The molecule has 20 heavy (non-hydrogen) atoms. The van der Waals surface area contributed by atoms with E-state index in [1.54, 1.807) is 7.11 Å². The number of hydrogen-bond acceptors (Lipinski definition) is 9. The normalized spacial score (nSPS) is 10.6. The van der Waals surface area contributed by atoms with Gasteiger partial charge in [-0.05, 0) is 7.05 Å². The van der Waals surface area contributed by atoms with Crippen LogP contribution in [-0.2, 0) is 4.74 Å². The zero-order valence-corrected chi connectivity index (χ0v) is 11.5. The van der Waals surface area contributed by atoms with Crippen LogP contribution in [-0.4, -0.2) is 60.2 Å². The molecule has 0 radical (unpaired) electrons. The van der Waals surface area contributed by atoms with Crippen molar-refractivity contribution in [3.8, 4) is 0 Å². The quantitative estimate of drug-likeness (QED) is 0.316. The van der Waals surface area contributed by atoms with Crippen LogP contribution in [0.2, 0.25) is 0 Å². The number of hydrazine groups is 1. The fraction of sp³-hybridized carbons (Fsp3) is 0.600. The van der Waals surface area contributed by atoms with Gasteiger partial charge in [0.2, 0.25) is 11.8 Å². The molecule has 0 atom stereocenters. The van der Waals surface area contributed by atoms with Gasteiger partial charge in [-0.3, -0.25) is 15.5 Å².